The Morgan fingerprint density at radius 2 is 1.22 bits per heavy atom. The van der Waals surface area contributed by atoms with E-state index < -0.39 is 7.82 Å². The summed E-state index contributed by atoms with van der Waals surface area (Å²) in [5.74, 6) is 0. The minimum absolute atomic E-state index is 0. The molecule has 0 saturated heterocycles. The predicted octanol–water partition coefficient (Wildman–Crippen LogP) is -4.11. The first-order chi connectivity index (χ1) is 7.91. The molecule has 0 unspecified atom stereocenters. The SMILES string of the molecule is C1CCCC1.NCCNCCN.O=P([O-])(O)O.[Na+]. The average molecular weight is 293 g/mol. The maximum Gasteiger partial charge on any atom is 1.00 e. The smallest absolute Gasteiger partial charge is 0.756 e. The van der Waals surface area contributed by atoms with Gasteiger partial charge in [0, 0.05) is 26.2 Å². The van der Waals surface area contributed by atoms with Crippen LogP contribution in [0.4, 0.5) is 0 Å². The van der Waals surface area contributed by atoms with Crippen molar-refractivity contribution in [2.45, 2.75) is 32.1 Å². The number of rotatable bonds is 4. The molecule has 0 spiro atoms. The van der Waals surface area contributed by atoms with Crippen molar-refractivity contribution < 1.29 is 48.8 Å². The molecule has 0 aromatic rings. The van der Waals surface area contributed by atoms with E-state index in [1.807, 2.05) is 0 Å². The van der Waals surface area contributed by atoms with Gasteiger partial charge in [-0.3, -0.25) is 4.57 Å². The van der Waals surface area contributed by atoms with Crippen molar-refractivity contribution in [2.24, 2.45) is 11.5 Å². The summed E-state index contributed by atoms with van der Waals surface area (Å²) >= 11 is 0. The molecule has 0 aromatic heterocycles. The molecule has 106 valence electrons. The van der Waals surface area contributed by atoms with Gasteiger partial charge in [0.1, 0.15) is 0 Å². The number of nitrogens with two attached hydrogens (primary N) is 2. The molecule has 7 nitrogen and oxygen atoms in total. The first-order valence-corrected chi connectivity index (χ1v) is 7.32. The quantitative estimate of drug-likeness (QED) is 0.201. The van der Waals surface area contributed by atoms with Gasteiger partial charge in [-0.25, -0.2) is 0 Å². The van der Waals surface area contributed by atoms with E-state index in [0.717, 1.165) is 13.1 Å². The molecule has 1 aliphatic rings. The van der Waals surface area contributed by atoms with E-state index in [-0.39, 0.29) is 29.6 Å². The zero-order valence-electron chi connectivity index (χ0n) is 11.2. The van der Waals surface area contributed by atoms with Crippen molar-refractivity contribution in [3.63, 3.8) is 0 Å². The first kappa shape index (κ1) is 24.0. The molecule has 0 aromatic carbocycles. The number of hydrogen-bond donors (Lipinski definition) is 5. The zero-order chi connectivity index (χ0) is 13.6. The normalized spacial score (nSPS) is 13.6. The summed E-state index contributed by atoms with van der Waals surface area (Å²) in [7, 11) is -4.89. The maximum absolute atomic E-state index is 8.77. The molecule has 0 heterocycles. The third-order valence-electron chi connectivity index (χ3n) is 1.89. The molecule has 18 heavy (non-hydrogen) atoms. The first-order valence-electron chi connectivity index (χ1n) is 5.79. The van der Waals surface area contributed by atoms with E-state index in [1.54, 1.807) is 0 Å². The van der Waals surface area contributed by atoms with Crippen molar-refractivity contribution in [1.29, 1.82) is 0 Å². The van der Waals surface area contributed by atoms with Crippen LogP contribution < -0.4 is 51.2 Å². The van der Waals surface area contributed by atoms with Gasteiger partial charge in [0.05, 0.1) is 0 Å². The second kappa shape index (κ2) is 18.0. The van der Waals surface area contributed by atoms with Gasteiger partial charge in [-0.2, -0.15) is 0 Å². The molecule has 1 aliphatic carbocycles. The molecule has 7 N–H and O–H groups in total. The van der Waals surface area contributed by atoms with Gasteiger partial charge < -0.3 is 31.5 Å². The van der Waals surface area contributed by atoms with Gasteiger partial charge in [0.15, 0.2) is 0 Å². The molecule has 1 fully saturated rings. The van der Waals surface area contributed by atoms with Gasteiger partial charge in [-0.1, -0.05) is 32.1 Å². The third-order valence-corrected chi connectivity index (χ3v) is 1.89. The van der Waals surface area contributed by atoms with Gasteiger partial charge in [-0.15, -0.1) is 0 Å². The Hall–Kier alpha value is 0.990. The maximum atomic E-state index is 8.77. The topological polar surface area (TPSA) is 145 Å². The summed E-state index contributed by atoms with van der Waals surface area (Å²) in [4.78, 5) is 22.9. The minimum atomic E-state index is -4.89. The predicted molar refractivity (Wildman–Crippen MR) is 66.1 cm³/mol. The molecule has 1 rings (SSSR count). The molecule has 9 heteroatoms. The molecule has 0 amide bonds. The van der Waals surface area contributed by atoms with E-state index in [4.69, 9.17) is 30.7 Å². The average Bonchev–Trinajstić information content (AvgIpc) is 2.74. The Balaban J connectivity index is -0.000000186. The second-order valence-electron chi connectivity index (χ2n) is 3.59. The van der Waals surface area contributed by atoms with Gasteiger partial charge in [0.25, 0.3) is 7.82 Å². The number of hydrogen-bond acceptors (Lipinski definition) is 5. The van der Waals surface area contributed by atoms with Crippen LogP contribution in [-0.2, 0) is 4.57 Å². The van der Waals surface area contributed by atoms with Crippen molar-refractivity contribution in [3.05, 3.63) is 0 Å². The molecule has 0 aliphatic heterocycles. The summed E-state index contributed by atoms with van der Waals surface area (Å²) in [6.07, 6.45) is 7.50. The summed E-state index contributed by atoms with van der Waals surface area (Å²) in [5, 5.41) is 3.03. The van der Waals surface area contributed by atoms with Crippen LogP contribution in [0.5, 0.6) is 0 Å². The third kappa shape index (κ3) is 43.5. The van der Waals surface area contributed by atoms with Crippen molar-refractivity contribution in [1.82, 2.24) is 5.32 Å². The van der Waals surface area contributed by atoms with Crippen molar-refractivity contribution in [2.75, 3.05) is 26.2 Å². The van der Waals surface area contributed by atoms with E-state index in [9.17, 15) is 0 Å². The molecule has 1 saturated carbocycles. The van der Waals surface area contributed by atoms with Crippen LogP contribution in [0.2, 0.25) is 0 Å². The van der Waals surface area contributed by atoms with E-state index >= 15 is 0 Å². The van der Waals surface area contributed by atoms with E-state index in [2.05, 4.69) is 5.32 Å². The summed E-state index contributed by atoms with van der Waals surface area (Å²) in [5.41, 5.74) is 10.3. The van der Waals surface area contributed by atoms with Gasteiger partial charge >= 0.3 is 29.6 Å². The van der Waals surface area contributed by atoms with Crippen molar-refractivity contribution >= 4 is 7.82 Å². The van der Waals surface area contributed by atoms with Crippen LogP contribution >= 0.6 is 7.82 Å². The summed E-state index contributed by atoms with van der Waals surface area (Å²) in [6, 6.07) is 0. The Kier molecular flexibility index (Phi) is 24.0. The fraction of sp³-hybridized carbons (Fsp3) is 1.00. The molecular formula is C9H25N3NaO4P. The van der Waals surface area contributed by atoms with Crippen LogP contribution in [0.15, 0.2) is 0 Å². The Morgan fingerprint density at radius 3 is 1.39 bits per heavy atom. The number of nitrogens with one attached hydrogen (secondary N) is 1. The van der Waals surface area contributed by atoms with Gasteiger partial charge in [-0.05, 0) is 0 Å². The minimum Gasteiger partial charge on any atom is -0.756 e. The van der Waals surface area contributed by atoms with E-state index in [1.165, 1.54) is 32.1 Å². The van der Waals surface area contributed by atoms with Gasteiger partial charge in [0.2, 0.25) is 0 Å². The standard InChI is InChI=1S/C5H10.C4H13N3.Na.H3O4P/c1-2-4-5-3-1;5-1-3-7-4-2-6;;1-5(2,3)4/h1-5H2;7H,1-6H2;;(H3,1,2,3,4)/q;;+1;/p-1. The molecular weight excluding hydrogens is 268 g/mol. The number of phosphoric acid groups is 1. The second-order valence-corrected chi connectivity index (χ2v) is 4.57. The zero-order valence-corrected chi connectivity index (χ0v) is 14.1. The Bertz CT molecular complexity index is 171. The van der Waals surface area contributed by atoms with Crippen LogP contribution in [0.3, 0.4) is 0 Å². The van der Waals surface area contributed by atoms with Crippen LogP contribution in [0, 0.1) is 0 Å². The monoisotopic (exact) mass is 293 g/mol. The Labute approximate surface area is 131 Å². The van der Waals surface area contributed by atoms with Crippen LogP contribution in [0.1, 0.15) is 32.1 Å². The fourth-order valence-corrected chi connectivity index (χ4v) is 1.21. The largest absolute Gasteiger partial charge is 1.00 e. The molecule has 0 radical (unpaired) electrons. The van der Waals surface area contributed by atoms with Crippen LogP contribution in [-0.4, -0.2) is 36.0 Å². The molecule has 0 atom stereocenters. The fourth-order valence-electron chi connectivity index (χ4n) is 1.21. The summed E-state index contributed by atoms with van der Waals surface area (Å²) in [6.45, 7) is 3.13. The molecule has 0 bridgehead atoms. The van der Waals surface area contributed by atoms with Crippen molar-refractivity contribution in [3.8, 4) is 0 Å². The summed E-state index contributed by atoms with van der Waals surface area (Å²) < 4.78 is 8.77. The van der Waals surface area contributed by atoms with Crippen LogP contribution in [0.25, 0.3) is 0 Å². The Morgan fingerprint density at radius 1 is 1.00 bits per heavy atom. The van der Waals surface area contributed by atoms with E-state index in [0.29, 0.717) is 13.1 Å².